The first-order chi connectivity index (χ1) is 7.75. The second kappa shape index (κ2) is 4.36. The average Bonchev–Trinajstić information content (AvgIpc) is 2.20. The van der Waals surface area contributed by atoms with Gasteiger partial charge in [0.1, 0.15) is 11.1 Å². The van der Waals surface area contributed by atoms with Gasteiger partial charge in [0, 0.05) is 6.20 Å². The summed E-state index contributed by atoms with van der Waals surface area (Å²) in [5.74, 6) is -3.48. The van der Waals surface area contributed by atoms with E-state index in [0.29, 0.717) is 0 Å². The van der Waals surface area contributed by atoms with E-state index >= 15 is 0 Å². The number of aromatic nitrogens is 1. The molecule has 1 heterocycles. The number of anilines is 1. The van der Waals surface area contributed by atoms with Crippen molar-refractivity contribution in [3.05, 3.63) is 23.6 Å². The number of hydrogen-bond acceptors (Lipinski definition) is 4. The molecule has 0 aliphatic carbocycles. The van der Waals surface area contributed by atoms with Crippen LogP contribution < -0.4 is 11.1 Å². The highest BCUT2D eigenvalue weighted by molar-refractivity contribution is 5.90. The molecule has 1 aromatic heterocycles. The Morgan fingerprint density at radius 2 is 2.12 bits per heavy atom. The van der Waals surface area contributed by atoms with Crippen LogP contribution in [-0.4, -0.2) is 27.5 Å². The number of halogens is 1. The van der Waals surface area contributed by atoms with Crippen LogP contribution in [0.2, 0.25) is 0 Å². The van der Waals surface area contributed by atoms with Crippen LogP contribution in [-0.2, 0) is 4.79 Å². The smallest absolute Gasteiger partial charge is 0.338 e. The molecule has 0 fully saturated rings. The highest BCUT2D eigenvalue weighted by Gasteiger charge is 2.27. The molecule has 0 spiro atoms. The van der Waals surface area contributed by atoms with Crippen LogP contribution in [0.3, 0.4) is 0 Å². The number of amides is 1. The first-order valence-corrected chi connectivity index (χ1v) is 4.71. The number of carboxylic acid groups (broad SMARTS) is 1. The van der Waals surface area contributed by atoms with Crippen LogP contribution in [0, 0.1) is 5.82 Å². The van der Waals surface area contributed by atoms with Crippen LogP contribution >= 0.6 is 0 Å². The lowest BCUT2D eigenvalue weighted by Gasteiger charge is -2.23. The predicted molar refractivity (Wildman–Crippen MR) is 58.1 cm³/mol. The second-order valence-electron chi connectivity index (χ2n) is 3.94. The Labute approximate surface area is 96.6 Å². The van der Waals surface area contributed by atoms with E-state index in [1.165, 1.54) is 13.8 Å². The minimum atomic E-state index is -1.41. The summed E-state index contributed by atoms with van der Waals surface area (Å²) < 4.78 is 13.7. The number of nitrogens with zero attached hydrogens (tertiary/aromatic N) is 1. The number of nitrogens with one attached hydrogen (secondary N) is 1. The lowest BCUT2D eigenvalue weighted by atomic mass is 10.1. The molecule has 7 heteroatoms. The quantitative estimate of drug-likeness (QED) is 0.715. The summed E-state index contributed by atoms with van der Waals surface area (Å²) in [4.78, 5) is 25.4. The van der Waals surface area contributed by atoms with Crippen molar-refractivity contribution >= 4 is 17.7 Å². The van der Waals surface area contributed by atoms with Crippen LogP contribution in [0.15, 0.2) is 12.3 Å². The molecule has 0 aliphatic rings. The average molecular weight is 241 g/mol. The molecule has 92 valence electrons. The number of aromatic carboxylic acids is 1. The minimum Gasteiger partial charge on any atom is -0.478 e. The molecule has 6 nitrogen and oxygen atoms in total. The van der Waals surface area contributed by atoms with Gasteiger partial charge in [-0.25, -0.2) is 14.2 Å². The first kappa shape index (κ1) is 12.9. The van der Waals surface area contributed by atoms with Gasteiger partial charge in [-0.2, -0.15) is 0 Å². The number of pyridine rings is 1. The summed E-state index contributed by atoms with van der Waals surface area (Å²) in [6.07, 6.45) is 1.13. The number of primary amides is 1. The molecular weight excluding hydrogens is 229 g/mol. The molecule has 0 atom stereocenters. The number of rotatable bonds is 4. The van der Waals surface area contributed by atoms with E-state index in [1.807, 2.05) is 0 Å². The lowest BCUT2D eigenvalue weighted by Crippen LogP contribution is -2.45. The number of nitrogens with two attached hydrogens (primary N) is 1. The Kier molecular flexibility index (Phi) is 3.31. The highest BCUT2D eigenvalue weighted by Crippen LogP contribution is 2.19. The largest absolute Gasteiger partial charge is 0.478 e. The van der Waals surface area contributed by atoms with Crippen molar-refractivity contribution in [1.29, 1.82) is 0 Å². The molecule has 0 saturated carbocycles. The van der Waals surface area contributed by atoms with Gasteiger partial charge in [0.15, 0.2) is 11.6 Å². The summed E-state index contributed by atoms with van der Waals surface area (Å²) in [5.41, 5.74) is 3.34. The maximum Gasteiger partial charge on any atom is 0.338 e. The molecule has 0 saturated heterocycles. The number of carbonyl (C=O) groups is 2. The van der Waals surface area contributed by atoms with Gasteiger partial charge >= 0.3 is 5.97 Å². The minimum absolute atomic E-state index is 0.325. The molecular formula is C10H12FN3O3. The van der Waals surface area contributed by atoms with Gasteiger partial charge in [-0.15, -0.1) is 0 Å². The zero-order chi connectivity index (χ0) is 13.2. The summed E-state index contributed by atoms with van der Waals surface area (Å²) in [6.45, 7) is 2.87. The van der Waals surface area contributed by atoms with Crippen molar-refractivity contribution in [1.82, 2.24) is 4.98 Å². The van der Waals surface area contributed by atoms with Crippen molar-refractivity contribution in [2.24, 2.45) is 5.73 Å². The van der Waals surface area contributed by atoms with Crippen LogP contribution in [0.5, 0.6) is 0 Å². The van der Waals surface area contributed by atoms with E-state index in [1.54, 1.807) is 0 Å². The maximum absolute atomic E-state index is 13.7. The fraction of sp³-hybridized carbons (Fsp3) is 0.300. The highest BCUT2D eigenvalue weighted by atomic mass is 19.1. The van der Waals surface area contributed by atoms with Gasteiger partial charge < -0.3 is 16.2 Å². The van der Waals surface area contributed by atoms with Crippen molar-refractivity contribution in [2.75, 3.05) is 5.32 Å². The zero-order valence-electron chi connectivity index (χ0n) is 9.32. The van der Waals surface area contributed by atoms with Crippen LogP contribution in [0.1, 0.15) is 24.2 Å². The molecule has 1 amide bonds. The lowest BCUT2D eigenvalue weighted by molar-refractivity contribution is -0.121. The molecule has 0 radical (unpaired) electrons. The summed E-state index contributed by atoms with van der Waals surface area (Å²) in [5, 5.41) is 11.2. The number of carbonyl (C=O) groups excluding carboxylic acids is 1. The van der Waals surface area contributed by atoms with Crippen molar-refractivity contribution in [3.63, 3.8) is 0 Å². The fourth-order valence-corrected chi connectivity index (χ4v) is 1.05. The van der Waals surface area contributed by atoms with E-state index in [0.717, 1.165) is 12.3 Å². The Hall–Kier alpha value is -2.18. The van der Waals surface area contributed by atoms with Crippen molar-refractivity contribution < 1.29 is 19.1 Å². The van der Waals surface area contributed by atoms with E-state index < -0.39 is 28.8 Å². The molecule has 0 aromatic carbocycles. The number of carboxylic acids is 1. The third-order valence-electron chi connectivity index (χ3n) is 2.17. The second-order valence-corrected chi connectivity index (χ2v) is 3.94. The molecule has 17 heavy (non-hydrogen) atoms. The van der Waals surface area contributed by atoms with Gasteiger partial charge in [0.2, 0.25) is 5.91 Å². The van der Waals surface area contributed by atoms with Gasteiger partial charge in [-0.1, -0.05) is 0 Å². The molecule has 0 unspecified atom stereocenters. The Morgan fingerprint density at radius 3 is 2.59 bits per heavy atom. The van der Waals surface area contributed by atoms with Gasteiger partial charge in [0.05, 0.1) is 0 Å². The SMILES string of the molecule is CC(C)(Nc1nccc(C(=O)O)c1F)C(N)=O. The third-order valence-corrected chi connectivity index (χ3v) is 2.17. The van der Waals surface area contributed by atoms with Gasteiger partial charge in [-0.05, 0) is 19.9 Å². The van der Waals surface area contributed by atoms with Gasteiger partial charge in [0.25, 0.3) is 0 Å². The molecule has 0 bridgehead atoms. The standard InChI is InChI=1S/C10H12FN3O3/c1-10(2,9(12)17)14-7-6(11)5(8(15)16)3-4-13-7/h3-4H,1-2H3,(H2,12,17)(H,13,14)(H,15,16). The van der Waals surface area contributed by atoms with E-state index in [9.17, 15) is 14.0 Å². The van der Waals surface area contributed by atoms with Crippen molar-refractivity contribution in [2.45, 2.75) is 19.4 Å². The fourth-order valence-electron chi connectivity index (χ4n) is 1.05. The summed E-state index contributed by atoms with van der Waals surface area (Å²) >= 11 is 0. The summed E-state index contributed by atoms with van der Waals surface area (Å²) in [7, 11) is 0. The number of hydrogen-bond donors (Lipinski definition) is 3. The first-order valence-electron chi connectivity index (χ1n) is 4.71. The monoisotopic (exact) mass is 241 g/mol. The molecule has 1 rings (SSSR count). The van der Waals surface area contributed by atoms with Gasteiger partial charge in [-0.3, -0.25) is 4.79 Å². The maximum atomic E-state index is 13.7. The Morgan fingerprint density at radius 1 is 1.53 bits per heavy atom. The Balaban J connectivity index is 3.13. The topological polar surface area (TPSA) is 105 Å². The van der Waals surface area contributed by atoms with Crippen molar-refractivity contribution in [3.8, 4) is 0 Å². The third kappa shape index (κ3) is 2.68. The van der Waals surface area contributed by atoms with E-state index in [4.69, 9.17) is 10.8 Å². The summed E-state index contributed by atoms with van der Waals surface area (Å²) in [6, 6.07) is 1.03. The molecule has 1 aromatic rings. The van der Waals surface area contributed by atoms with Crippen LogP contribution in [0.25, 0.3) is 0 Å². The predicted octanol–water partition coefficient (Wildman–Crippen LogP) is 0.595. The van der Waals surface area contributed by atoms with Crippen LogP contribution in [0.4, 0.5) is 10.2 Å². The van der Waals surface area contributed by atoms with E-state index in [2.05, 4.69) is 10.3 Å². The molecule has 4 N–H and O–H groups in total. The van der Waals surface area contributed by atoms with E-state index in [-0.39, 0.29) is 5.82 Å². The Bertz CT molecular complexity index is 474. The zero-order valence-corrected chi connectivity index (χ0v) is 9.32. The molecule has 0 aliphatic heterocycles. The normalized spacial score (nSPS) is 11.0.